The molecule has 10 heteroatoms. The van der Waals surface area contributed by atoms with E-state index in [-0.39, 0.29) is 24.2 Å². The molecule has 0 amide bonds. The molecule has 1 rings (SSSR count). The van der Waals surface area contributed by atoms with Crippen LogP contribution in [-0.4, -0.2) is 78.6 Å². The number of allylic oxidation sites excluding steroid dienone is 3. The molecule has 0 aromatic carbocycles. The largest absolute Gasteiger partial charge is 0.481 e. The summed E-state index contributed by atoms with van der Waals surface area (Å²) in [5.74, 6) is -0.833. The topological polar surface area (TPSA) is 115 Å². The Morgan fingerprint density at radius 1 is 1.08 bits per heavy atom. The summed E-state index contributed by atoms with van der Waals surface area (Å²) < 4.78 is 0. The summed E-state index contributed by atoms with van der Waals surface area (Å²) in [5.41, 5.74) is 3.70. The minimum atomic E-state index is -1.17. The predicted molar refractivity (Wildman–Crippen MR) is 170 cm³/mol. The summed E-state index contributed by atoms with van der Waals surface area (Å²) in [5, 5.41) is 22.6. The van der Waals surface area contributed by atoms with Gasteiger partial charge in [0.15, 0.2) is 0 Å². The van der Waals surface area contributed by atoms with Crippen LogP contribution < -0.4 is 0 Å². The first kappa shape index (κ1) is 51.9. The number of hydrogen-bond donors (Lipinski definition) is 3. The number of carbonyl (C=O) groups is 1. The first-order valence-electron chi connectivity index (χ1n) is 12.0. The van der Waals surface area contributed by atoms with Gasteiger partial charge in [-0.25, -0.2) is 4.98 Å². The van der Waals surface area contributed by atoms with Crippen LogP contribution in [0.2, 0.25) is 12.1 Å². The fraction of sp³-hybridized carbons (Fsp3) is 0.556. The van der Waals surface area contributed by atoms with Gasteiger partial charge in [0.25, 0.3) is 5.97 Å². The molecule has 1 heterocycles. The minimum Gasteiger partial charge on any atom is -0.481 e. The Bertz CT molecular complexity index is 658. The van der Waals surface area contributed by atoms with Gasteiger partial charge in [-0.05, 0) is 52.8 Å². The number of hydrogen-bond acceptors (Lipinski definition) is 6. The smallest absolute Gasteiger partial charge is 0.300 e. The Balaban J connectivity index is -0.0000000660. The third-order valence-corrected chi connectivity index (χ3v) is 4.52. The number of aliphatic hydroxyl groups excluding tert-OH is 1. The number of pyridine rings is 1. The van der Waals surface area contributed by atoms with Gasteiger partial charge in [-0.2, -0.15) is 0 Å². The van der Waals surface area contributed by atoms with Crippen molar-refractivity contribution in [2.24, 2.45) is 9.98 Å². The van der Waals surface area contributed by atoms with E-state index in [1.54, 1.807) is 20.2 Å². The molecular weight excluding hydrogens is 545 g/mol. The molecule has 221 valence electrons. The number of carboxylic acids is 1. The summed E-state index contributed by atoms with van der Waals surface area (Å²) in [6.07, 6.45) is 7.69. The standard InChI is InChI=1S/C11H15N3.C4H12Si.C4H10Si.C3H6.C2H6O2.C2H4O2.CH4.Co/c1-8(12-3)10-6-5-7-11(14-10)9(2)13-4;2*1-2-3-4-5;1-3-2;2*1-2(3)4;;/h5-7H,1-4H3;2-4H2,1,5H3;2-3H,4H2,1,5H3;3H,1H2,2H3;2-4H,1H3;1H3,(H,3,4);1H4;. The molecule has 7 nitrogen and oxygen atoms in total. The summed E-state index contributed by atoms with van der Waals surface area (Å²) >= 11 is 0. The maximum Gasteiger partial charge on any atom is 0.300 e. The number of aromatic nitrogens is 1. The van der Waals surface area contributed by atoms with Gasteiger partial charge in [0, 0.05) is 58.3 Å². The van der Waals surface area contributed by atoms with Crippen molar-refractivity contribution in [1.29, 1.82) is 0 Å². The van der Waals surface area contributed by atoms with Crippen molar-refractivity contribution in [1.82, 2.24) is 4.98 Å². The zero-order valence-corrected chi connectivity index (χ0v) is 29.5. The van der Waals surface area contributed by atoms with E-state index in [9.17, 15) is 0 Å². The summed E-state index contributed by atoms with van der Waals surface area (Å²) in [6, 6.07) is 8.66. The number of aliphatic carboxylic acids is 1. The van der Waals surface area contributed by atoms with E-state index in [1.807, 2.05) is 39.0 Å². The van der Waals surface area contributed by atoms with Crippen molar-refractivity contribution in [3.63, 3.8) is 0 Å². The van der Waals surface area contributed by atoms with E-state index in [4.69, 9.17) is 20.1 Å². The number of rotatable bonds is 5. The Morgan fingerprint density at radius 2 is 1.41 bits per heavy atom. The van der Waals surface area contributed by atoms with Crippen LogP contribution in [0.1, 0.15) is 80.1 Å². The van der Waals surface area contributed by atoms with Gasteiger partial charge in [0.1, 0.15) is 6.29 Å². The fourth-order valence-electron chi connectivity index (χ4n) is 1.66. The quantitative estimate of drug-likeness (QED) is 0.203. The molecule has 0 spiro atoms. The van der Waals surface area contributed by atoms with E-state index in [2.05, 4.69) is 47.5 Å². The molecule has 0 aliphatic rings. The molecular formula is C27H57CoN3O4Si2. The van der Waals surface area contributed by atoms with Crippen molar-refractivity contribution >= 4 is 37.9 Å². The molecule has 0 aliphatic carbocycles. The monoisotopic (exact) mass is 602 g/mol. The minimum absolute atomic E-state index is 0. The normalized spacial score (nSPS) is 9.62. The summed E-state index contributed by atoms with van der Waals surface area (Å²) in [7, 11) is 6.25. The zero-order chi connectivity index (χ0) is 28.7. The zero-order valence-electron chi connectivity index (χ0n) is 24.5. The maximum absolute atomic E-state index is 9.00. The van der Waals surface area contributed by atoms with Crippen molar-refractivity contribution in [2.75, 3.05) is 14.1 Å². The first-order chi connectivity index (χ1) is 16.4. The third-order valence-electron chi connectivity index (χ3n) is 3.34. The van der Waals surface area contributed by atoms with Crippen LogP contribution >= 0.6 is 0 Å². The number of nitrogens with zero attached hydrogens (tertiary/aromatic N) is 3. The van der Waals surface area contributed by atoms with Crippen LogP contribution in [0.3, 0.4) is 0 Å². The maximum atomic E-state index is 9.00. The molecule has 3 N–H and O–H groups in total. The number of unbranched alkanes of at least 4 members (excludes halogenated alkanes) is 1. The van der Waals surface area contributed by atoms with Gasteiger partial charge >= 0.3 is 0 Å². The number of carboxylic acid groups (broad SMARTS) is 1. The second-order valence-corrected chi connectivity index (χ2v) is 8.73. The third kappa shape index (κ3) is 60.6. The van der Waals surface area contributed by atoms with Gasteiger partial charge in [0.05, 0.1) is 22.8 Å². The fourth-order valence-corrected chi connectivity index (χ4v) is 2.83. The van der Waals surface area contributed by atoms with E-state index < -0.39 is 12.3 Å². The summed E-state index contributed by atoms with van der Waals surface area (Å²) in [6.45, 7) is 15.8. The molecule has 0 fully saturated rings. The Morgan fingerprint density at radius 3 is 1.54 bits per heavy atom. The van der Waals surface area contributed by atoms with Crippen LogP contribution in [0.25, 0.3) is 0 Å². The first-order valence-corrected chi connectivity index (χ1v) is 14.8. The van der Waals surface area contributed by atoms with Gasteiger partial charge < -0.3 is 15.3 Å². The second-order valence-electron chi connectivity index (χ2n) is 6.92. The Hall–Kier alpha value is -1.70. The van der Waals surface area contributed by atoms with Crippen LogP contribution in [0, 0.1) is 0 Å². The van der Waals surface area contributed by atoms with Gasteiger partial charge in [-0.1, -0.05) is 57.5 Å². The van der Waals surface area contributed by atoms with Crippen molar-refractivity contribution in [3.05, 3.63) is 54.4 Å². The number of aliphatic hydroxyl groups is 2. The molecule has 0 atom stereocenters. The van der Waals surface area contributed by atoms with Gasteiger partial charge in [-0.3, -0.25) is 14.8 Å². The molecule has 1 aromatic heterocycles. The summed E-state index contributed by atoms with van der Waals surface area (Å²) in [4.78, 5) is 21.7. The van der Waals surface area contributed by atoms with E-state index >= 15 is 0 Å². The number of aliphatic imine (C=N–C) groups is 2. The molecule has 0 unspecified atom stereocenters. The SMILES string of the molecule is C.C=CC.CC(=O)O.CC(O)O.CC=CC[SiH3].CCCC[SiH3].CN=C(C)c1cccc(C(C)=NC)n1.[Co]. The molecule has 0 saturated carbocycles. The average molecular weight is 603 g/mol. The van der Waals surface area contributed by atoms with Crippen LogP contribution in [0.5, 0.6) is 0 Å². The molecule has 1 radical (unpaired) electrons. The van der Waals surface area contributed by atoms with Crippen molar-refractivity contribution < 1.29 is 36.9 Å². The van der Waals surface area contributed by atoms with E-state index in [0.29, 0.717) is 0 Å². The van der Waals surface area contributed by atoms with Gasteiger partial charge in [-0.15, -0.1) is 6.58 Å². The molecule has 37 heavy (non-hydrogen) atoms. The van der Waals surface area contributed by atoms with Crippen LogP contribution in [0.4, 0.5) is 0 Å². The molecule has 1 aromatic rings. The van der Waals surface area contributed by atoms with Crippen LogP contribution in [-0.2, 0) is 21.6 Å². The van der Waals surface area contributed by atoms with Crippen molar-refractivity contribution in [3.8, 4) is 0 Å². The predicted octanol–water partition coefficient (Wildman–Crippen LogP) is 4.11. The Labute approximate surface area is 244 Å². The van der Waals surface area contributed by atoms with Crippen LogP contribution in [0.15, 0.2) is 53.0 Å². The average Bonchev–Trinajstić information content (AvgIpc) is 2.80. The van der Waals surface area contributed by atoms with Crippen molar-refractivity contribution in [2.45, 2.75) is 87.1 Å². The Kier molecular flexibility index (Phi) is 62.1. The van der Waals surface area contributed by atoms with Gasteiger partial charge in [0.2, 0.25) is 0 Å². The van der Waals surface area contributed by atoms with E-state index in [0.717, 1.165) is 29.7 Å². The molecule has 0 saturated heterocycles. The molecule has 0 aliphatic heterocycles. The molecule has 0 bridgehead atoms. The van der Waals surface area contributed by atoms with E-state index in [1.165, 1.54) is 52.3 Å². The second kappa shape index (κ2) is 44.3.